The van der Waals surface area contributed by atoms with Crippen LogP contribution in [0.25, 0.3) is 0 Å². The summed E-state index contributed by atoms with van der Waals surface area (Å²) in [6.45, 7) is 6.32. The quantitative estimate of drug-likeness (QED) is 0.891. The normalized spacial score (nSPS) is 12.8. The average molecular weight is 269 g/mol. The van der Waals surface area contributed by atoms with E-state index in [1.54, 1.807) is 0 Å². The third-order valence-electron chi connectivity index (χ3n) is 2.86. The van der Waals surface area contributed by atoms with Crippen LogP contribution in [0.1, 0.15) is 32.4 Å². The summed E-state index contributed by atoms with van der Waals surface area (Å²) < 4.78 is 0. The van der Waals surface area contributed by atoms with Gasteiger partial charge in [0.15, 0.2) is 0 Å². The molecule has 0 fully saturated rings. The molecule has 0 heterocycles. The molecular weight excluding hydrogens is 248 g/mol. The Morgan fingerprint density at radius 1 is 1.33 bits per heavy atom. The lowest BCUT2D eigenvalue weighted by atomic mass is 10.1. The van der Waals surface area contributed by atoms with E-state index in [4.69, 9.17) is 11.6 Å². The highest BCUT2D eigenvalue weighted by molar-refractivity contribution is 6.31. The van der Waals surface area contributed by atoms with E-state index < -0.39 is 0 Å². The number of hydrogen-bond acceptors (Lipinski definition) is 2. The molecule has 18 heavy (non-hydrogen) atoms. The number of nitrogens with zero attached hydrogens (tertiary/aromatic N) is 1. The van der Waals surface area contributed by atoms with Gasteiger partial charge in [0.05, 0.1) is 6.54 Å². The molecule has 1 amide bonds. The molecule has 1 N–H and O–H groups in total. The zero-order valence-electron chi connectivity index (χ0n) is 11.4. The molecule has 0 saturated carbocycles. The van der Waals surface area contributed by atoms with Crippen LogP contribution in [-0.2, 0) is 4.79 Å². The van der Waals surface area contributed by atoms with Gasteiger partial charge in [0.1, 0.15) is 0 Å². The topological polar surface area (TPSA) is 32.3 Å². The molecule has 0 saturated heterocycles. The maximum absolute atomic E-state index is 11.7. The third kappa shape index (κ3) is 4.31. The van der Waals surface area contributed by atoms with Crippen LogP contribution in [0.5, 0.6) is 0 Å². The Bertz CT molecular complexity index is 407. The summed E-state index contributed by atoms with van der Waals surface area (Å²) in [7, 11) is 1.92. The van der Waals surface area contributed by atoms with Gasteiger partial charge in [-0.2, -0.15) is 0 Å². The van der Waals surface area contributed by atoms with E-state index in [1.807, 2.05) is 57.0 Å². The number of hydrogen-bond donors (Lipinski definition) is 1. The molecule has 1 aromatic carbocycles. The maximum atomic E-state index is 11.7. The Morgan fingerprint density at radius 3 is 2.50 bits per heavy atom. The molecule has 0 radical (unpaired) electrons. The number of likely N-dealkylation sites (N-methyl/N-ethyl adjacent to an activating group) is 1. The number of amides is 1. The fraction of sp³-hybridized carbons (Fsp3) is 0.500. The van der Waals surface area contributed by atoms with Crippen molar-refractivity contribution in [2.45, 2.75) is 32.9 Å². The highest BCUT2D eigenvalue weighted by Gasteiger charge is 2.17. The van der Waals surface area contributed by atoms with Crippen molar-refractivity contribution < 1.29 is 4.79 Å². The lowest BCUT2D eigenvalue weighted by Crippen LogP contribution is -2.39. The van der Waals surface area contributed by atoms with Crippen LogP contribution >= 0.6 is 11.6 Å². The van der Waals surface area contributed by atoms with Crippen molar-refractivity contribution >= 4 is 17.5 Å². The van der Waals surface area contributed by atoms with Crippen LogP contribution in [0.3, 0.4) is 0 Å². The molecule has 0 spiro atoms. The SMILES string of the molecule is CC(C)NC(=O)CN(C)C(C)c1ccccc1Cl. The Hall–Kier alpha value is -1.06. The second-order valence-electron chi connectivity index (χ2n) is 4.83. The van der Waals surface area contributed by atoms with E-state index in [-0.39, 0.29) is 18.0 Å². The fourth-order valence-corrected chi connectivity index (χ4v) is 2.08. The third-order valence-corrected chi connectivity index (χ3v) is 3.20. The van der Waals surface area contributed by atoms with Crippen molar-refractivity contribution in [3.05, 3.63) is 34.9 Å². The second-order valence-corrected chi connectivity index (χ2v) is 5.24. The number of benzene rings is 1. The molecule has 0 aliphatic carbocycles. The summed E-state index contributed by atoms with van der Waals surface area (Å²) in [5.41, 5.74) is 1.04. The number of carbonyl (C=O) groups is 1. The maximum Gasteiger partial charge on any atom is 0.234 e. The highest BCUT2D eigenvalue weighted by atomic mass is 35.5. The first-order chi connectivity index (χ1) is 8.41. The van der Waals surface area contributed by atoms with E-state index in [0.29, 0.717) is 6.54 Å². The van der Waals surface area contributed by atoms with Gasteiger partial charge in [-0.05, 0) is 39.4 Å². The molecule has 1 atom stereocenters. The standard InChI is InChI=1S/C14H21ClN2O/c1-10(2)16-14(18)9-17(4)11(3)12-7-5-6-8-13(12)15/h5-8,10-11H,9H2,1-4H3,(H,16,18). The lowest BCUT2D eigenvalue weighted by molar-refractivity contribution is -0.122. The summed E-state index contributed by atoms with van der Waals surface area (Å²) in [5, 5.41) is 3.62. The van der Waals surface area contributed by atoms with Crippen LogP contribution < -0.4 is 5.32 Å². The lowest BCUT2D eigenvalue weighted by Gasteiger charge is -2.25. The Balaban J connectivity index is 2.64. The summed E-state index contributed by atoms with van der Waals surface area (Å²) in [4.78, 5) is 13.7. The first-order valence-electron chi connectivity index (χ1n) is 6.16. The first kappa shape index (κ1) is 15.0. The van der Waals surface area contributed by atoms with E-state index in [0.717, 1.165) is 10.6 Å². The smallest absolute Gasteiger partial charge is 0.234 e. The van der Waals surface area contributed by atoms with Crippen LogP contribution in [0.4, 0.5) is 0 Å². The van der Waals surface area contributed by atoms with Gasteiger partial charge < -0.3 is 5.32 Å². The second kappa shape index (κ2) is 6.76. The summed E-state index contributed by atoms with van der Waals surface area (Å²) in [6.07, 6.45) is 0. The van der Waals surface area contributed by atoms with Crippen molar-refractivity contribution in [1.82, 2.24) is 10.2 Å². The number of carbonyl (C=O) groups excluding carboxylic acids is 1. The molecule has 1 unspecified atom stereocenters. The van der Waals surface area contributed by atoms with E-state index >= 15 is 0 Å². The van der Waals surface area contributed by atoms with Crippen LogP contribution in [0.15, 0.2) is 24.3 Å². The Kier molecular flexibility index (Phi) is 5.63. The molecule has 0 aromatic heterocycles. The minimum absolute atomic E-state index is 0.0337. The number of rotatable bonds is 5. The molecule has 1 aromatic rings. The summed E-state index contributed by atoms with van der Waals surface area (Å²) in [6, 6.07) is 8.00. The predicted octanol–water partition coefficient (Wildman–Crippen LogP) is 2.86. The Labute approximate surface area is 114 Å². The van der Waals surface area contributed by atoms with Gasteiger partial charge in [0.2, 0.25) is 5.91 Å². The highest BCUT2D eigenvalue weighted by Crippen LogP contribution is 2.25. The molecule has 3 nitrogen and oxygen atoms in total. The van der Waals surface area contributed by atoms with E-state index in [9.17, 15) is 4.79 Å². The minimum atomic E-state index is 0.0337. The fourth-order valence-electron chi connectivity index (χ4n) is 1.78. The molecule has 0 aliphatic heterocycles. The van der Waals surface area contributed by atoms with Crippen LogP contribution in [0, 0.1) is 0 Å². The van der Waals surface area contributed by atoms with Gasteiger partial charge in [0.25, 0.3) is 0 Å². The van der Waals surface area contributed by atoms with Crippen molar-refractivity contribution in [2.24, 2.45) is 0 Å². The van der Waals surface area contributed by atoms with Gasteiger partial charge in [0, 0.05) is 17.1 Å². The predicted molar refractivity (Wildman–Crippen MR) is 75.8 cm³/mol. The van der Waals surface area contributed by atoms with Crippen molar-refractivity contribution in [2.75, 3.05) is 13.6 Å². The summed E-state index contributed by atoms with van der Waals surface area (Å²) >= 11 is 6.16. The first-order valence-corrected chi connectivity index (χ1v) is 6.53. The average Bonchev–Trinajstić information content (AvgIpc) is 2.27. The number of nitrogens with one attached hydrogen (secondary N) is 1. The van der Waals surface area contributed by atoms with Crippen LogP contribution in [-0.4, -0.2) is 30.4 Å². The zero-order valence-corrected chi connectivity index (χ0v) is 12.2. The molecule has 4 heteroatoms. The van der Waals surface area contributed by atoms with Gasteiger partial charge in [-0.15, -0.1) is 0 Å². The van der Waals surface area contributed by atoms with Crippen molar-refractivity contribution in [1.29, 1.82) is 0 Å². The molecular formula is C14H21ClN2O. The minimum Gasteiger partial charge on any atom is -0.353 e. The van der Waals surface area contributed by atoms with E-state index in [2.05, 4.69) is 5.32 Å². The van der Waals surface area contributed by atoms with Crippen LogP contribution in [0.2, 0.25) is 5.02 Å². The molecule has 1 rings (SSSR count). The largest absolute Gasteiger partial charge is 0.353 e. The van der Waals surface area contributed by atoms with Gasteiger partial charge in [-0.25, -0.2) is 0 Å². The monoisotopic (exact) mass is 268 g/mol. The molecule has 0 bridgehead atoms. The Morgan fingerprint density at radius 2 is 1.94 bits per heavy atom. The van der Waals surface area contributed by atoms with E-state index in [1.165, 1.54) is 0 Å². The summed E-state index contributed by atoms with van der Waals surface area (Å²) in [5.74, 6) is 0.0337. The molecule has 100 valence electrons. The molecule has 0 aliphatic rings. The van der Waals surface area contributed by atoms with Crippen molar-refractivity contribution in [3.63, 3.8) is 0 Å². The van der Waals surface area contributed by atoms with Gasteiger partial charge in [-0.1, -0.05) is 29.8 Å². The number of halogens is 1. The van der Waals surface area contributed by atoms with Gasteiger partial charge in [-0.3, -0.25) is 9.69 Å². The zero-order chi connectivity index (χ0) is 13.7. The van der Waals surface area contributed by atoms with Gasteiger partial charge >= 0.3 is 0 Å². The van der Waals surface area contributed by atoms with Crippen molar-refractivity contribution in [3.8, 4) is 0 Å².